The third-order valence-electron chi connectivity index (χ3n) is 3.32. The predicted octanol–water partition coefficient (Wildman–Crippen LogP) is -0.610. The summed E-state index contributed by atoms with van der Waals surface area (Å²) in [6.45, 7) is 5.09. The first-order valence-electron chi connectivity index (χ1n) is 5.66. The van der Waals surface area contributed by atoms with Crippen molar-refractivity contribution in [2.24, 2.45) is 11.3 Å². The molecule has 0 saturated carbocycles. The van der Waals surface area contributed by atoms with Gasteiger partial charge in [0.1, 0.15) is 0 Å². The first kappa shape index (κ1) is 13.9. The highest BCUT2D eigenvalue weighted by Crippen LogP contribution is 2.38. The lowest BCUT2D eigenvalue weighted by molar-refractivity contribution is -0.0304. The van der Waals surface area contributed by atoms with Gasteiger partial charge in [-0.1, -0.05) is 6.92 Å². The zero-order valence-electron chi connectivity index (χ0n) is 9.93. The van der Waals surface area contributed by atoms with Gasteiger partial charge < -0.3 is 24.8 Å². The minimum Gasteiger partial charge on any atom is -0.396 e. The van der Waals surface area contributed by atoms with Gasteiger partial charge in [-0.25, -0.2) is 0 Å². The average molecular weight is 234 g/mol. The van der Waals surface area contributed by atoms with Crippen molar-refractivity contribution in [2.75, 3.05) is 33.0 Å². The van der Waals surface area contributed by atoms with Crippen LogP contribution in [0.15, 0.2) is 0 Å². The molecule has 0 aliphatic carbocycles. The molecule has 0 radical (unpaired) electrons. The molecule has 0 aromatic rings. The quantitative estimate of drug-likeness (QED) is 0.552. The van der Waals surface area contributed by atoms with E-state index in [1.54, 1.807) is 6.92 Å². The summed E-state index contributed by atoms with van der Waals surface area (Å²) in [5, 5.41) is 27.2. The molecule has 3 atom stereocenters. The van der Waals surface area contributed by atoms with Gasteiger partial charge in [0.15, 0.2) is 0 Å². The monoisotopic (exact) mass is 234 g/mol. The Morgan fingerprint density at radius 3 is 1.81 bits per heavy atom. The molecule has 3 N–H and O–H groups in total. The van der Waals surface area contributed by atoms with Crippen LogP contribution in [0.3, 0.4) is 0 Å². The SMILES string of the molecule is CC(CO)C(CO)(CO)C1CO1.CC1CO1. The van der Waals surface area contributed by atoms with E-state index in [1.165, 1.54) is 0 Å². The lowest BCUT2D eigenvalue weighted by atomic mass is 9.75. The van der Waals surface area contributed by atoms with Gasteiger partial charge in [-0.05, 0) is 12.8 Å². The molecule has 0 bridgehead atoms. The van der Waals surface area contributed by atoms with Crippen molar-refractivity contribution in [2.45, 2.75) is 26.1 Å². The summed E-state index contributed by atoms with van der Waals surface area (Å²) in [6.07, 6.45) is 0.495. The smallest absolute Gasteiger partial charge is 0.0913 e. The van der Waals surface area contributed by atoms with E-state index in [1.807, 2.05) is 0 Å². The van der Waals surface area contributed by atoms with Gasteiger partial charge in [-0.3, -0.25) is 0 Å². The van der Waals surface area contributed by atoms with Crippen LogP contribution in [-0.4, -0.2) is 60.6 Å². The third kappa shape index (κ3) is 3.40. The highest BCUT2D eigenvalue weighted by atomic mass is 16.6. The van der Waals surface area contributed by atoms with Gasteiger partial charge in [0.25, 0.3) is 0 Å². The Bertz CT molecular complexity index is 197. The third-order valence-corrected chi connectivity index (χ3v) is 3.32. The van der Waals surface area contributed by atoms with Crippen molar-refractivity contribution in [1.82, 2.24) is 0 Å². The maximum atomic E-state index is 9.14. The summed E-state index contributed by atoms with van der Waals surface area (Å²) in [5.41, 5.74) is -0.658. The largest absolute Gasteiger partial charge is 0.396 e. The number of hydrogen-bond donors (Lipinski definition) is 3. The molecule has 0 spiro atoms. The fourth-order valence-corrected chi connectivity index (χ4v) is 1.54. The van der Waals surface area contributed by atoms with Gasteiger partial charge in [0.2, 0.25) is 0 Å². The summed E-state index contributed by atoms with van der Waals surface area (Å²) in [5.74, 6) is -0.139. The summed E-state index contributed by atoms with van der Waals surface area (Å²) in [6, 6.07) is 0. The molecule has 96 valence electrons. The van der Waals surface area contributed by atoms with Crippen LogP contribution in [0.5, 0.6) is 0 Å². The molecule has 3 unspecified atom stereocenters. The predicted molar refractivity (Wildman–Crippen MR) is 58.0 cm³/mol. The van der Waals surface area contributed by atoms with E-state index in [0.29, 0.717) is 12.7 Å². The van der Waals surface area contributed by atoms with Crippen LogP contribution in [0.25, 0.3) is 0 Å². The normalized spacial score (nSPS) is 29.1. The fraction of sp³-hybridized carbons (Fsp3) is 1.00. The molecule has 5 nitrogen and oxygen atoms in total. The zero-order valence-corrected chi connectivity index (χ0v) is 9.93. The van der Waals surface area contributed by atoms with Crippen molar-refractivity contribution in [3.05, 3.63) is 0 Å². The van der Waals surface area contributed by atoms with Crippen molar-refractivity contribution < 1.29 is 24.8 Å². The van der Waals surface area contributed by atoms with Gasteiger partial charge in [-0.15, -0.1) is 0 Å². The van der Waals surface area contributed by atoms with Gasteiger partial charge >= 0.3 is 0 Å². The molecular weight excluding hydrogens is 212 g/mol. The minimum atomic E-state index is -0.658. The first-order chi connectivity index (χ1) is 7.60. The van der Waals surface area contributed by atoms with Gasteiger partial charge in [-0.2, -0.15) is 0 Å². The van der Waals surface area contributed by atoms with E-state index in [-0.39, 0.29) is 31.8 Å². The number of ether oxygens (including phenoxy) is 2. The average Bonchev–Trinajstić information content (AvgIpc) is 3.17. The topological polar surface area (TPSA) is 85.8 Å². The fourth-order valence-electron chi connectivity index (χ4n) is 1.54. The van der Waals surface area contributed by atoms with Crippen molar-refractivity contribution in [1.29, 1.82) is 0 Å². The molecule has 2 aliphatic rings. The molecule has 0 amide bonds. The summed E-state index contributed by atoms with van der Waals surface area (Å²) in [4.78, 5) is 0. The first-order valence-corrected chi connectivity index (χ1v) is 5.66. The molecule has 2 rings (SSSR count). The number of rotatable bonds is 5. The standard InChI is InChI=1S/C8H16O4.C3H6O/c1-6(2-9)8(4-10,5-11)7-3-12-7;1-3-2-4-3/h6-7,9-11H,2-5H2,1H3;3H,2H2,1H3. The van der Waals surface area contributed by atoms with Crippen LogP contribution in [0, 0.1) is 11.3 Å². The lowest BCUT2D eigenvalue weighted by Gasteiger charge is -2.33. The van der Waals surface area contributed by atoms with Crippen LogP contribution < -0.4 is 0 Å². The number of hydrogen-bond acceptors (Lipinski definition) is 5. The second kappa shape index (κ2) is 5.93. The molecule has 2 saturated heterocycles. The Morgan fingerprint density at radius 2 is 1.62 bits per heavy atom. The van der Waals surface area contributed by atoms with Gasteiger partial charge in [0, 0.05) is 12.0 Å². The van der Waals surface area contributed by atoms with E-state index in [9.17, 15) is 0 Å². The van der Waals surface area contributed by atoms with Crippen molar-refractivity contribution in [3.8, 4) is 0 Å². The molecule has 5 heteroatoms. The van der Waals surface area contributed by atoms with E-state index in [0.717, 1.165) is 6.61 Å². The Morgan fingerprint density at radius 1 is 1.19 bits per heavy atom. The number of aliphatic hydroxyl groups is 3. The van der Waals surface area contributed by atoms with Crippen LogP contribution in [0.1, 0.15) is 13.8 Å². The van der Waals surface area contributed by atoms with E-state index in [4.69, 9.17) is 24.8 Å². The van der Waals surface area contributed by atoms with Crippen LogP contribution in [0.2, 0.25) is 0 Å². The minimum absolute atomic E-state index is 0.0407. The highest BCUT2D eigenvalue weighted by Gasteiger charge is 2.49. The van der Waals surface area contributed by atoms with Crippen molar-refractivity contribution >= 4 is 0 Å². The molecule has 0 aromatic heterocycles. The van der Waals surface area contributed by atoms with E-state index in [2.05, 4.69) is 6.92 Å². The molecule has 2 aliphatic heterocycles. The number of epoxide rings is 2. The Hall–Kier alpha value is -0.200. The van der Waals surface area contributed by atoms with Crippen LogP contribution in [-0.2, 0) is 9.47 Å². The molecule has 2 heterocycles. The number of aliphatic hydroxyl groups excluding tert-OH is 3. The summed E-state index contributed by atoms with van der Waals surface area (Å²) in [7, 11) is 0. The van der Waals surface area contributed by atoms with Gasteiger partial charge in [0.05, 0.1) is 38.6 Å². The molecular formula is C11H22O5. The van der Waals surface area contributed by atoms with Crippen molar-refractivity contribution in [3.63, 3.8) is 0 Å². The second-order valence-electron chi connectivity index (χ2n) is 4.60. The second-order valence-corrected chi connectivity index (χ2v) is 4.60. The maximum absolute atomic E-state index is 9.14. The highest BCUT2D eigenvalue weighted by molar-refractivity contribution is 4.96. The van der Waals surface area contributed by atoms with Crippen LogP contribution >= 0.6 is 0 Å². The van der Waals surface area contributed by atoms with Crippen LogP contribution in [0.4, 0.5) is 0 Å². The Labute approximate surface area is 96.0 Å². The molecule has 2 fully saturated rings. The Balaban J connectivity index is 0.000000267. The molecule has 16 heavy (non-hydrogen) atoms. The molecule has 0 aromatic carbocycles. The Kier molecular flexibility index (Phi) is 5.14. The zero-order chi connectivity index (χ0) is 12.2. The van der Waals surface area contributed by atoms with E-state index >= 15 is 0 Å². The maximum Gasteiger partial charge on any atom is 0.0913 e. The lowest BCUT2D eigenvalue weighted by Crippen LogP contribution is -2.43. The summed E-state index contributed by atoms with van der Waals surface area (Å²) < 4.78 is 9.76. The van der Waals surface area contributed by atoms with E-state index < -0.39 is 5.41 Å². The summed E-state index contributed by atoms with van der Waals surface area (Å²) >= 11 is 0.